The molecule has 1 atom stereocenters. The van der Waals surface area contributed by atoms with Crippen molar-refractivity contribution < 1.29 is 17.4 Å². The number of para-hydroxylation sites is 1. The van der Waals surface area contributed by atoms with Gasteiger partial charge in [-0.05, 0) is 86.7 Å². The SMILES string of the molecule is Cc1ccc(S(=O)(=O)O)c(C2CCC3(CCNCC3)N(Cc3ccc(F)cc3)c3ccccc32)c1. The number of halogens is 1. The second-order valence-electron chi connectivity index (χ2n) is 9.85. The van der Waals surface area contributed by atoms with Crippen LogP contribution in [0.5, 0.6) is 0 Å². The number of nitrogens with one attached hydrogen (secondary N) is 1. The van der Waals surface area contributed by atoms with Crippen molar-refractivity contribution in [3.63, 3.8) is 0 Å². The molecule has 2 heterocycles. The number of rotatable bonds is 4. The lowest BCUT2D eigenvalue weighted by atomic mass is 9.79. The van der Waals surface area contributed by atoms with Crippen molar-refractivity contribution in [2.24, 2.45) is 0 Å². The van der Waals surface area contributed by atoms with Crippen LogP contribution in [0, 0.1) is 12.7 Å². The molecule has 1 fully saturated rings. The van der Waals surface area contributed by atoms with Crippen molar-refractivity contribution in [3.05, 3.63) is 94.8 Å². The number of hydrogen-bond donors (Lipinski definition) is 2. The molecule has 7 heteroatoms. The first kappa shape index (κ1) is 24.0. The number of fused-ring (bicyclic) bond motifs is 1. The predicted octanol–water partition coefficient (Wildman–Crippen LogP) is 5.44. The Bertz CT molecular complexity index is 1320. The molecular formula is C28H31FN2O3S. The van der Waals surface area contributed by atoms with Gasteiger partial charge in [-0.1, -0.05) is 48.0 Å². The minimum absolute atomic E-state index is 0.0192. The average Bonchev–Trinajstić information content (AvgIpc) is 2.95. The summed E-state index contributed by atoms with van der Waals surface area (Å²) in [5, 5.41) is 3.48. The van der Waals surface area contributed by atoms with Gasteiger partial charge in [-0.15, -0.1) is 0 Å². The molecule has 0 saturated carbocycles. The van der Waals surface area contributed by atoms with E-state index in [0.29, 0.717) is 12.1 Å². The van der Waals surface area contributed by atoms with E-state index in [1.54, 1.807) is 6.07 Å². The molecule has 0 amide bonds. The first-order valence-electron chi connectivity index (χ1n) is 12.2. The summed E-state index contributed by atoms with van der Waals surface area (Å²) in [6.45, 7) is 4.40. The van der Waals surface area contributed by atoms with E-state index >= 15 is 0 Å². The second-order valence-corrected chi connectivity index (χ2v) is 11.2. The summed E-state index contributed by atoms with van der Waals surface area (Å²) in [5.74, 6) is -0.424. The molecule has 0 bridgehead atoms. The molecule has 1 unspecified atom stereocenters. The van der Waals surface area contributed by atoms with Gasteiger partial charge in [0, 0.05) is 23.7 Å². The van der Waals surface area contributed by atoms with Gasteiger partial charge in [-0.3, -0.25) is 4.55 Å². The summed E-state index contributed by atoms with van der Waals surface area (Å²) in [4.78, 5) is 2.45. The van der Waals surface area contributed by atoms with Crippen molar-refractivity contribution in [2.75, 3.05) is 18.0 Å². The Morgan fingerprint density at radius 2 is 1.71 bits per heavy atom. The quantitative estimate of drug-likeness (QED) is 0.473. The molecule has 1 spiro atoms. The third-order valence-electron chi connectivity index (χ3n) is 7.68. The van der Waals surface area contributed by atoms with E-state index in [1.165, 1.54) is 18.2 Å². The Morgan fingerprint density at radius 1 is 1.00 bits per heavy atom. The Kier molecular flexibility index (Phi) is 6.42. The van der Waals surface area contributed by atoms with Crippen molar-refractivity contribution in [1.82, 2.24) is 5.32 Å². The number of nitrogens with zero attached hydrogens (tertiary/aromatic N) is 1. The zero-order valence-electron chi connectivity index (χ0n) is 19.9. The van der Waals surface area contributed by atoms with Gasteiger partial charge in [0.2, 0.25) is 0 Å². The van der Waals surface area contributed by atoms with Crippen LogP contribution in [0.3, 0.4) is 0 Å². The topological polar surface area (TPSA) is 69.6 Å². The van der Waals surface area contributed by atoms with E-state index in [4.69, 9.17) is 0 Å². The molecule has 2 N–H and O–H groups in total. The molecule has 0 aromatic heterocycles. The molecule has 2 aliphatic heterocycles. The highest BCUT2D eigenvalue weighted by Crippen LogP contribution is 2.48. The van der Waals surface area contributed by atoms with Gasteiger partial charge in [0.25, 0.3) is 10.1 Å². The molecule has 3 aromatic carbocycles. The number of aryl methyl sites for hydroxylation is 1. The van der Waals surface area contributed by atoms with Crippen molar-refractivity contribution in [1.29, 1.82) is 0 Å². The maximum Gasteiger partial charge on any atom is 0.294 e. The smallest absolute Gasteiger partial charge is 0.294 e. The Labute approximate surface area is 206 Å². The van der Waals surface area contributed by atoms with Crippen LogP contribution in [0.1, 0.15) is 53.9 Å². The standard InChI is InChI=1S/C28H31FN2O3S/c1-20-6-11-27(35(32,33)34)25(18-20)23-12-13-28(14-16-30-17-15-28)31(26-5-3-2-4-24(23)26)19-21-7-9-22(29)10-8-21/h2-11,18,23,30H,12-17,19H2,1H3,(H,32,33,34). The number of anilines is 1. The first-order valence-corrected chi connectivity index (χ1v) is 13.6. The van der Waals surface area contributed by atoms with Gasteiger partial charge in [-0.25, -0.2) is 4.39 Å². The fourth-order valence-corrected chi connectivity index (χ4v) is 6.66. The normalized spacial score (nSPS) is 19.9. The van der Waals surface area contributed by atoms with E-state index < -0.39 is 10.1 Å². The van der Waals surface area contributed by atoms with E-state index in [-0.39, 0.29) is 22.2 Å². The number of benzene rings is 3. The van der Waals surface area contributed by atoms with Crippen LogP contribution in [0.25, 0.3) is 0 Å². The highest BCUT2D eigenvalue weighted by molar-refractivity contribution is 7.85. The maximum absolute atomic E-state index is 13.6. The Hall–Kier alpha value is -2.74. The summed E-state index contributed by atoms with van der Waals surface area (Å²) in [6.07, 6.45) is 3.58. The second kappa shape index (κ2) is 9.37. The van der Waals surface area contributed by atoms with Gasteiger partial charge >= 0.3 is 0 Å². The van der Waals surface area contributed by atoms with E-state index in [1.807, 2.05) is 37.3 Å². The number of piperidine rings is 1. The summed E-state index contributed by atoms with van der Waals surface area (Å²) in [6, 6.07) is 20.0. The molecule has 5 nitrogen and oxygen atoms in total. The third-order valence-corrected chi connectivity index (χ3v) is 8.61. The Morgan fingerprint density at radius 3 is 2.43 bits per heavy atom. The highest BCUT2D eigenvalue weighted by atomic mass is 32.2. The van der Waals surface area contributed by atoms with Crippen LogP contribution < -0.4 is 10.2 Å². The summed E-state index contributed by atoms with van der Waals surface area (Å²) < 4.78 is 48.4. The summed E-state index contributed by atoms with van der Waals surface area (Å²) in [7, 11) is -4.37. The molecule has 2 aliphatic rings. The molecule has 0 radical (unpaired) electrons. The van der Waals surface area contributed by atoms with E-state index in [2.05, 4.69) is 22.3 Å². The molecule has 35 heavy (non-hydrogen) atoms. The van der Waals surface area contributed by atoms with Gasteiger partial charge < -0.3 is 10.2 Å². The minimum Gasteiger partial charge on any atom is -0.361 e. The van der Waals surface area contributed by atoms with Crippen LogP contribution >= 0.6 is 0 Å². The average molecular weight is 495 g/mol. The predicted molar refractivity (Wildman–Crippen MR) is 136 cm³/mol. The van der Waals surface area contributed by atoms with Crippen LogP contribution in [-0.2, 0) is 16.7 Å². The van der Waals surface area contributed by atoms with Crippen LogP contribution in [0.4, 0.5) is 10.1 Å². The van der Waals surface area contributed by atoms with Gasteiger partial charge in [0.1, 0.15) is 5.82 Å². The Balaban J connectivity index is 1.68. The first-order chi connectivity index (χ1) is 16.8. The fourth-order valence-electron chi connectivity index (χ4n) is 5.92. The van der Waals surface area contributed by atoms with Crippen molar-refractivity contribution in [2.45, 2.75) is 55.5 Å². The van der Waals surface area contributed by atoms with Gasteiger partial charge in [-0.2, -0.15) is 8.42 Å². The molecule has 5 rings (SSSR count). The third kappa shape index (κ3) is 4.73. The monoisotopic (exact) mass is 494 g/mol. The lowest BCUT2D eigenvalue weighted by molar-refractivity contribution is 0.264. The zero-order chi connectivity index (χ0) is 24.6. The molecule has 1 saturated heterocycles. The minimum atomic E-state index is -4.37. The molecular weight excluding hydrogens is 463 g/mol. The lowest BCUT2D eigenvalue weighted by Crippen LogP contribution is -2.54. The van der Waals surface area contributed by atoms with E-state index in [0.717, 1.165) is 61.2 Å². The van der Waals surface area contributed by atoms with Crippen LogP contribution in [-0.4, -0.2) is 31.6 Å². The zero-order valence-corrected chi connectivity index (χ0v) is 20.7. The maximum atomic E-state index is 13.6. The number of hydrogen-bond acceptors (Lipinski definition) is 4. The van der Waals surface area contributed by atoms with Crippen molar-refractivity contribution >= 4 is 15.8 Å². The largest absolute Gasteiger partial charge is 0.361 e. The highest BCUT2D eigenvalue weighted by Gasteiger charge is 2.43. The summed E-state index contributed by atoms with van der Waals surface area (Å²) >= 11 is 0. The van der Waals surface area contributed by atoms with Crippen LogP contribution in [0.15, 0.2) is 71.6 Å². The van der Waals surface area contributed by atoms with E-state index in [9.17, 15) is 17.4 Å². The molecule has 3 aromatic rings. The van der Waals surface area contributed by atoms with Gasteiger partial charge in [0.05, 0.1) is 4.90 Å². The molecule has 0 aliphatic carbocycles. The van der Waals surface area contributed by atoms with Crippen LogP contribution in [0.2, 0.25) is 0 Å². The van der Waals surface area contributed by atoms with Crippen molar-refractivity contribution in [3.8, 4) is 0 Å². The van der Waals surface area contributed by atoms with Gasteiger partial charge in [0.15, 0.2) is 0 Å². The lowest BCUT2D eigenvalue weighted by Gasteiger charge is -2.48. The molecule has 184 valence electrons. The summed E-state index contributed by atoms with van der Waals surface area (Å²) in [5.41, 5.74) is 4.66. The fraction of sp³-hybridized carbons (Fsp3) is 0.357.